The molecule has 1 N–H and O–H groups in total. The molecular formula is C21H37NO6. The van der Waals surface area contributed by atoms with Gasteiger partial charge in [0.05, 0.1) is 13.2 Å². The molecule has 0 aromatic rings. The highest BCUT2D eigenvalue weighted by Crippen LogP contribution is 2.39. The van der Waals surface area contributed by atoms with Crippen LogP contribution in [0.15, 0.2) is 0 Å². The van der Waals surface area contributed by atoms with Crippen molar-refractivity contribution in [2.45, 2.75) is 85.2 Å². The van der Waals surface area contributed by atoms with Crippen LogP contribution in [-0.4, -0.2) is 43.4 Å². The number of rotatable bonds is 9. The number of carbonyl (C=O) groups excluding carboxylic acids is 3. The van der Waals surface area contributed by atoms with Gasteiger partial charge >= 0.3 is 18.0 Å². The van der Waals surface area contributed by atoms with Gasteiger partial charge in [0.25, 0.3) is 0 Å². The Morgan fingerprint density at radius 2 is 1.46 bits per heavy atom. The molecule has 0 aromatic carbocycles. The number of esters is 2. The van der Waals surface area contributed by atoms with Crippen molar-refractivity contribution < 1.29 is 28.6 Å². The molecule has 0 unspecified atom stereocenters. The zero-order valence-electron chi connectivity index (χ0n) is 18.1. The standard InChI is InChI=1S/C21H37NO6/c1-6-26-17(23)21(18(24)27-7-2,15-16-11-9-8-10-12-16)13-14-22-19(25)28-20(3,4)5/h16H,6-15H2,1-5H3,(H,22,25). The third-order valence-electron chi connectivity index (χ3n) is 4.91. The van der Waals surface area contributed by atoms with Crippen LogP contribution in [0.3, 0.4) is 0 Å². The van der Waals surface area contributed by atoms with Crippen molar-refractivity contribution >= 4 is 18.0 Å². The number of carbonyl (C=O) groups is 3. The van der Waals surface area contributed by atoms with E-state index in [1.54, 1.807) is 34.6 Å². The topological polar surface area (TPSA) is 90.9 Å². The Balaban J connectivity index is 2.95. The molecule has 7 heteroatoms. The second kappa shape index (κ2) is 11.3. The predicted molar refractivity (Wildman–Crippen MR) is 106 cm³/mol. The van der Waals surface area contributed by atoms with E-state index in [0.717, 1.165) is 25.7 Å². The maximum absolute atomic E-state index is 12.9. The lowest BCUT2D eigenvalue weighted by Crippen LogP contribution is -2.46. The van der Waals surface area contributed by atoms with E-state index in [2.05, 4.69) is 5.32 Å². The fourth-order valence-electron chi connectivity index (χ4n) is 3.67. The van der Waals surface area contributed by atoms with Gasteiger partial charge < -0.3 is 19.5 Å². The Hall–Kier alpha value is -1.79. The van der Waals surface area contributed by atoms with Crippen LogP contribution in [-0.2, 0) is 23.8 Å². The summed E-state index contributed by atoms with van der Waals surface area (Å²) in [6.45, 7) is 9.25. The van der Waals surface area contributed by atoms with E-state index in [1.165, 1.54) is 6.42 Å². The van der Waals surface area contributed by atoms with Gasteiger partial charge in [-0.2, -0.15) is 0 Å². The zero-order chi connectivity index (χ0) is 21.2. The number of hydrogen-bond acceptors (Lipinski definition) is 6. The maximum atomic E-state index is 12.9. The van der Waals surface area contributed by atoms with Gasteiger partial charge in [-0.3, -0.25) is 9.59 Å². The van der Waals surface area contributed by atoms with Gasteiger partial charge in [-0.25, -0.2) is 4.79 Å². The number of alkyl carbamates (subject to hydrolysis) is 1. The van der Waals surface area contributed by atoms with E-state index < -0.39 is 29.0 Å². The molecule has 28 heavy (non-hydrogen) atoms. The normalized spacial score (nSPS) is 15.6. The minimum Gasteiger partial charge on any atom is -0.465 e. The van der Waals surface area contributed by atoms with E-state index >= 15 is 0 Å². The molecule has 7 nitrogen and oxygen atoms in total. The molecule has 1 fully saturated rings. The van der Waals surface area contributed by atoms with E-state index in [0.29, 0.717) is 6.42 Å². The van der Waals surface area contributed by atoms with Gasteiger partial charge in [0, 0.05) is 6.54 Å². The van der Waals surface area contributed by atoms with Gasteiger partial charge in [-0.1, -0.05) is 32.1 Å². The van der Waals surface area contributed by atoms with E-state index in [1.807, 2.05) is 0 Å². The third kappa shape index (κ3) is 7.68. The molecule has 0 aromatic heterocycles. The van der Waals surface area contributed by atoms with Crippen LogP contribution in [0.5, 0.6) is 0 Å². The first-order chi connectivity index (χ1) is 13.1. The van der Waals surface area contributed by atoms with Crippen LogP contribution < -0.4 is 5.32 Å². The lowest BCUT2D eigenvalue weighted by atomic mass is 9.72. The zero-order valence-corrected chi connectivity index (χ0v) is 18.1. The van der Waals surface area contributed by atoms with E-state index in [-0.39, 0.29) is 32.1 Å². The van der Waals surface area contributed by atoms with Crippen LogP contribution in [0.25, 0.3) is 0 Å². The van der Waals surface area contributed by atoms with Crippen LogP contribution in [0, 0.1) is 11.3 Å². The fraction of sp³-hybridized carbons (Fsp3) is 0.857. The third-order valence-corrected chi connectivity index (χ3v) is 4.91. The summed E-state index contributed by atoms with van der Waals surface area (Å²) in [5.41, 5.74) is -2.02. The van der Waals surface area contributed by atoms with Crippen LogP contribution in [0.1, 0.15) is 79.6 Å². The molecular weight excluding hydrogens is 362 g/mol. The SMILES string of the molecule is CCOC(=O)C(CCNC(=O)OC(C)(C)C)(CC1CCCCC1)C(=O)OCC. The molecule has 0 saturated heterocycles. The van der Waals surface area contributed by atoms with Crippen LogP contribution in [0.4, 0.5) is 4.79 Å². The molecule has 1 saturated carbocycles. The lowest BCUT2D eigenvalue weighted by molar-refractivity contribution is -0.174. The number of ether oxygens (including phenoxy) is 3. The minimum absolute atomic E-state index is 0.124. The summed E-state index contributed by atoms with van der Waals surface area (Å²) in [5, 5.41) is 2.65. The summed E-state index contributed by atoms with van der Waals surface area (Å²) in [4.78, 5) is 37.7. The predicted octanol–water partition coefficient (Wildman–Crippen LogP) is 3.98. The Kier molecular flexibility index (Phi) is 9.76. The van der Waals surface area contributed by atoms with Gasteiger partial charge in [0.15, 0.2) is 5.41 Å². The molecule has 0 radical (unpaired) electrons. The van der Waals surface area contributed by atoms with Crippen molar-refractivity contribution in [3.8, 4) is 0 Å². The highest BCUT2D eigenvalue weighted by molar-refractivity contribution is 6.00. The van der Waals surface area contributed by atoms with Crippen LogP contribution in [0.2, 0.25) is 0 Å². The summed E-state index contributed by atoms with van der Waals surface area (Å²) in [6, 6.07) is 0. The first kappa shape index (κ1) is 24.2. The van der Waals surface area contributed by atoms with Gasteiger partial charge in [0.2, 0.25) is 0 Å². The van der Waals surface area contributed by atoms with Crippen molar-refractivity contribution in [2.75, 3.05) is 19.8 Å². The lowest BCUT2D eigenvalue weighted by Gasteiger charge is -2.34. The van der Waals surface area contributed by atoms with Crippen molar-refractivity contribution in [1.82, 2.24) is 5.32 Å². The van der Waals surface area contributed by atoms with Gasteiger partial charge in [-0.15, -0.1) is 0 Å². The second-order valence-corrected chi connectivity index (χ2v) is 8.41. The molecule has 1 aliphatic rings. The molecule has 162 valence electrons. The smallest absolute Gasteiger partial charge is 0.407 e. The maximum Gasteiger partial charge on any atom is 0.407 e. The molecule has 0 bridgehead atoms. The van der Waals surface area contributed by atoms with Crippen molar-refractivity contribution in [2.24, 2.45) is 11.3 Å². The summed E-state index contributed by atoms with van der Waals surface area (Å²) in [6.07, 6.45) is 5.29. The molecule has 0 atom stereocenters. The first-order valence-corrected chi connectivity index (χ1v) is 10.5. The Bertz CT molecular complexity index is 501. The molecule has 1 amide bonds. The molecule has 0 spiro atoms. The van der Waals surface area contributed by atoms with Gasteiger partial charge in [0.1, 0.15) is 5.60 Å². The summed E-state index contributed by atoms with van der Waals surface area (Å²) in [7, 11) is 0. The fourth-order valence-corrected chi connectivity index (χ4v) is 3.67. The quantitative estimate of drug-likeness (QED) is 0.358. The average molecular weight is 400 g/mol. The van der Waals surface area contributed by atoms with Gasteiger partial charge in [-0.05, 0) is 53.4 Å². The van der Waals surface area contributed by atoms with E-state index in [9.17, 15) is 14.4 Å². The molecule has 1 aliphatic carbocycles. The summed E-state index contributed by atoms with van der Waals surface area (Å²) in [5.74, 6) is -0.862. The molecule has 0 heterocycles. The average Bonchev–Trinajstić information content (AvgIpc) is 2.60. The van der Waals surface area contributed by atoms with Crippen LogP contribution >= 0.6 is 0 Å². The first-order valence-electron chi connectivity index (χ1n) is 10.5. The minimum atomic E-state index is -1.40. The highest BCUT2D eigenvalue weighted by atomic mass is 16.6. The van der Waals surface area contributed by atoms with Crippen molar-refractivity contribution in [3.63, 3.8) is 0 Å². The highest BCUT2D eigenvalue weighted by Gasteiger charge is 2.49. The largest absolute Gasteiger partial charge is 0.465 e. The monoisotopic (exact) mass is 399 g/mol. The summed E-state index contributed by atoms with van der Waals surface area (Å²) < 4.78 is 15.8. The second-order valence-electron chi connectivity index (χ2n) is 8.41. The molecule has 1 rings (SSSR count). The Morgan fingerprint density at radius 3 is 1.93 bits per heavy atom. The Labute approximate surface area is 168 Å². The number of amides is 1. The molecule has 0 aliphatic heterocycles. The van der Waals surface area contributed by atoms with Crippen molar-refractivity contribution in [1.29, 1.82) is 0 Å². The number of hydrogen-bond donors (Lipinski definition) is 1. The van der Waals surface area contributed by atoms with E-state index in [4.69, 9.17) is 14.2 Å². The Morgan fingerprint density at radius 1 is 0.929 bits per heavy atom. The van der Waals surface area contributed by atoms with Crippen molar-refractivity contribution in [3.05, 3.63) is 0 Å². The summed E-state index contributed by atoms with van der Waals surface area (Å²) >= 11 is 0. The number of nitrogens with one attached hydrogen (secondary N) is 1.